The van der Waals surface area contributed by atoms with Crippen LogP contribution in [-0.2, 0) is 0 Å². The quantitative estimate of drug-likeness (QED) is 0.277. The van der Waals surface area contributed by atoms with Crippen molar-refractivity contribution >= 4 is 56.9 Å². The second kappa shape index (κ2) is 12.3. The molecule has 1 fully saturated rings. The van der Waals surface area contributed by atoms with Crippen LogP contribution in [0.4, 0.5) is 5.82 Å². The summed E-state index contributed by atoms with van der Waals surface area (Å²) in [4.78, 5) is 20.3. The second-order valence-corrected chi connectivity index (χ2v) is 11.0. The maximum absolute atomic E-state index is 10.7. The number of halogens is 1. The number of thioether (sulfide) groups is 1. The second-order valence-electron chi connectivity index (χ2n) is 8.90. The fourth-order valence-electron chi connectivity index (χ4n) is 4.61. The number of H-pyrrole nitrogens is 1. The van der Waals surface area contributed by atoms with Gasteiger partial charge in [0.2, 0.25) is 0 Å². The summed E-state index contributed by atoms with van der Waals surface area (Å²) in [6.45, 7) is 4.21. The van der Waals surface area contributed by atoms with E-state index in [9.17, 15) is 5.11 Å². The maximum atomic E-state index is 10.7. The monoisotopic (exact) mass is 553 g/mol. The molecule has 4 aromatic rings. The van der Waals surface area contributed by atoms with Crippen LogP contribution in [0.2, 0.25) is 5.02 Å². The van der Waals surface area contributed by atoms with E-state index in [0.29, 0.717) is 33.6 Å². The van der Waals surface area contributed by atoms with Gasteiger partial charge < -0.3 is 15.4 Å². The maximum Gasteiger partial charge on any atom is 0.182 e. The van der Waals surface area contributed by atoms with E-state index in [-0.39, 0.29) is 6.04 Å². The number of anilines is 1. The van der Waals surface area contributed by atoms with E-state index in [1.54, 1.807) is 6.33 Å². The molecule has 8 nitrogen and oxygen atoms in total. The van der Waals surface area contributed by atoms with Crippen molar-refractivity contribution in [2.75, 3.05) is 43.8 Å². The molecule has 0 bridgehead atoms. The van der Waals surface area contributed by atoms with E-state index in [0.717, 1.165) is 31.2 Å². The summed E-state index contributed by atoms with van der Waals surface area (Å²) in [5.74, 6) is 1.08. The minimum Gasteiger partial charge on any atom is -0.391 e. The largest absolute Gasteiger partial charge is 0.391 e. The first-order chi connectivity index (χ1) is 18.1. The molecule has 0 saturated carbocycles. The van der Waals surface area contributed by atoms with Crippen LogP contribution in [0.25, 0.3) is 11.2 Å². The molecule has 3 heterocycles. The zero-order chi connectivity index (χ0) is 25.6. The van der Waals surface area contributed by atoms with Crippen molar-refractivity contribution in [1.29, 1.82) is 0 Å². The van der Waals surface area contributed by atoms with Crippen LogP contribution in [0.5, 0.6) is 0 Å². The number of nitrogens with zero attached hydrogens (tertiary/aromatic N) is 5. The van der Waals surface area contributed by atoms with Gasteiger partial charge in [0.15, 0.2) is 11.5 Å². The number of rotatable bonds is 8. The van der Waals surface area contributed by atoms with Crippen molar-refractivity contribution < 1.29 is 5.11 Å². The molecule has 0 radical (unpaired) electrons. The van der Waals surface area contributed by atoms with Gasteiger partial charge >= 0.3 is 0 Å². The third-order valence-corrected chi connectivity index (χ3v) is 8.02. The Labute approximate surface area is 230 Å². The molecule has 2 atom stereocenters. The lowest BCUT2D eigenvalue weighted by Gasteiger charge is -2.40. The van der Waals surface area contributed by atoms with Gasteiger partial charge in [-0.3, -0.25) is 9.80 Å². The average Bonchev–Trinajstić information content (AvgIpc) is 3.41. The van der Waals surface area contributed by atoms with Gasteiger partial charge in [-0.15, -0.1) is 0 Å². The zero-order valence-corrected chi connectivity index (χ0v) is 22.5. The van der Waals surface area contributed by atoms with Crippen molar-refractivity contribution in [3.63, 3.8) is 0 Å². The van der Waals surface area contributed by atoms with Gasteiger partial charge in [-0.2, -0.15) is 0 Å². The number of nitrogens with one attached hydrogen (secondary N) is 2. The summed E-state index contributed by atoms with van der Waals surface area (Å²) in [6.07, 6.45) is 2.53. The number of benzene rings is 2. The molecule has 2 aromatic carbocycles. The van der Waals surface area contributed by atoms with Crippen molar-refractivity contribution in [2.24, 2.45) is 0 Å². The minimum absolute atomic E-state index is 0.174. The molecular formula is C26H28ClN7OS2. The first kappa shape index (κ1) is 26.0. The Morgan fingerprint density at radius 3 is 2.51 bits per heavy atom. The Morgan fingerprint density at radius 2 is 1.76 bits per heavy atom. The Morgan fingerprint density at radius 1 is 1.03 bits per heavy atom. The molecular weight excluding hydrogens is 526 g/mol. The molecule has 1 aliphatic heterocycles. The van der Waals surface area contributed by atoms with E-state index in [1.165, 1.54) is 29.2 Å². The number of piperazine rings is 1. The van der Waals surface area contributed by atoms with Gasteiger partial charge in [0, 0.05) is 43.5 Å². The Kier molecular flexibility index (Phi) is 8.65. The van der Waals surface area contributed by atoms with Crippen LogP contribution in [0.3, 0.4) is 0 Å². The molecule has 37 heavy (non-hydrogen) atoms. The lowest BCUT2D eigenvalue weighted by atomic mass is 9.96. The first-order valence-corrected chi connectivity index (χ1v) is 13.9. The number of fused-ring (bicyclic) bond motifs is 1. The zero-order valence-electron chi connectivity index (χ0n) is 20.1. The third kappa shape index (κ3) is 6.64. The van der Waals surface area contributed by atoms with Crippen LogP contribution >= 0.6 is 35.6 Å². The van der Waals surface area contributed by atoms with Gasteiger partial charge in [-0.1, -0.05) is 78.0 Å². The molecule has 0 aliphatic carbocycles. The number of aliphatic hydroxyl groups is 1. The lowest BCUT2D eigenvalue weighted by molar-refractivity contribution is 0.0708. The topological polar surface area (TPSA) is 93.2 Å². The number of hydrogen-bond donors (Lipinski definition) is 3. The van der Waals surface area contributed by atoms with Gasteiger partial charge in [0.25, 0.3) is 0 Å². The van der Waals surface area contributed by atoms with Crippen molar-refractivity contribution in [2.45, 2.75) is 12.1 Å². The lowest BCUT2D eigenvalue weighted by Crippen LogP contribution is -2.50. The smallest absolute Gasteiger partial charge is 0.182 e. The highest BCUT2D eigenvalue weighted by atomic mass is 35.5. The predicted octanol–water partition coefficient (Wildman–Crippen LogP) is 4.20. The Balaban J connectivity index is 1.12. The minimum atomic E-state index is -0.491. The molecule has 1 aliphatic rings. The van der Waals surface area contributed by atoms with Crippen LogP contribution in [0.15, 0.2) is 67.3 Å². The van der Waals surface area contributed by atoms with E-state index in [1.807, 2.05) is 18.2 Å². The Bertz CT molecular complexity index is 1310. The van der Waals surface area contributed by atoms with E-state index >= 15 is 0 Å². The molecule has 2 unspecified atom stereocenters. The van der Waals surface area contributed by atoms with E-state index in [4.69, 9.17) is 23.8 Å². The predicted molar refractivity (Wildman–Crippen MR) is 154 cm³/mol. The SMILES string of the molecule is OC(CSC(=S)Nc1ncnc2nc[nH]c12)CN1CCN(C(c2ccccc2)c2ccc(Cl)cc2)CC1. The molecule has 1 saturated heterocycles. The number of thiocarbonyl (C=S) groups is 1. The Hall–Kier alpha value is -2.60. The first-order valence-electron chi connectivity index (χ1n) is 12.1. The molecule has 5 rings (SSSR count). The average molecular weight is 554 g/mol. The third-order valence-electron chi connectivity index (χ3n) is 6.39. The van der Waals surface area contributed by atoms with Gasteiger partial charge in [-0.05, 0) is 23.3 Å². The number of aliphatic hydroxyl groups excluding tert-OH is 1. The number of imidazole rings is 1. The van der Waals surface area contributed by atoms with Gasteiger partial charge in [-0.25, -0.2) is 15.0 Å². The van der Waals surface area contributed by atoms with Gasteiger partial charge in [0.1, 0.15) is 16.2 Å². The van der Waals surface area contributed by atoms with Crippen molar-refractivity contribution in [3.05, 3.63) is 83.4 Å². The van der Waals surface area contributed by atoms with Crippen LogP contribution < -0.4 is 5.32 Å². The van der Waals surface area contributed by atoms with Crippen LogP contribution in [-0.4, -0.2) is 83.7 Å². The van der Waals surface area contributed by atoms with Crippen LogP contribution in [0.1, 0.15) is 17.2 Å². The normalized spacial score (nSPS) is 16.5. The highest BCUT2D eigenvalue weighted by Gasteiger charge is 2.27. The number of hydrogen-bond acceptors (Lipinski definition) is 8. The molecule has 2 aromatic heterocycles. The molecule has 192 valence electrons. The van der Waals surface area contributed by atoms with Crippen molar-refractivity contribution in [1.82, 2.24) is 29.7 Å². The number of aromatic amines is 1. The summed E-state index contributed by atoms with van der Waals surface area (Å²) >= 11 is 13.0. The van der Waals surface area contributed by atoms with E-state index < -0.39 is 6.10 Å². The summed E-state index contributed by atoms with van der Waals surface area (Å²) in [5.41, 5.74) is 3.79. The molecule has 11 heteroatoms. The fraction of sp³-hybridized carbons (Fsp3) is 0.308. The summed E-state index contributed by atoms with van der Waals surface area (Å²) in [6, 6.07) is 18.9. The van der Waals surface area contributed by atoms with Crippen molar-refractivity contribution in [3.8, 4) is 0 Å². The summed E-state index contributed by atoms with van der Waals surface area (Å²) in [5, 5.41) is 14.6. The number of β-amino-alcohol motifs (C(OH)–C–C–N with tert-alkyl or cyclic N) is 1. The summed E-state index contributed by atoms with van der Waals surface area (Å²) in [7, 11) is 0. The molecule has 0 amide bonds. The molecule has 0 spiro atoms. The standard InChI is InChI=1S/C26H28ClN7OS2/c27-20-8-6-19(7-9-20)23(18-4-2-1-3-5-18)34-12-10-33(11-13-34)14-21(35)15-37-26(36)32-25-22-24(29-16-28-22)30-17-31-25/h1-9,16-17,21,23,35H,10-15H2,(H2,28,29,30,31,32,36). The highest BCUT2D eigenvalue weighted by molar-refractivity contribution is 8.23. The fourth-order valence-corrected chi connectivity index (χ4v) is 5.66. The van der Waals surface area contributed by atoms with Gasteiger partial charge in [0.05, 0.1) is 18.5 Å². The highest BCUT2D eigenvalue weighted by Crippen LogP contribution is 2.30. The summed E-state index contributed by atoms with van der Waals surface area (Å²) < 4.78 is 0.548. The number of aromatic nitrogens is 4. The molecule has 3 N–H and O–H groups in total. The van der Waals surface area contributed by atoms with Crippen LogP contribution in [0, 0.1) is 0 Å². The van der Waals surface area contributed by atoms with E-state index in [2.05, 4.69) is 71.5 Å².